The van der Waals surface area contributed by atoms with E-state index in [1.54, 1.807) is 62.4 Å². The van der Waals surface area contributed by atoms with Crippen molar-refractivity contribution in [3.8, 4) is 0 Å². The Hall–Kier alpha value is -3.94. The molecule has 2 aliphatic heterocycles. The molecule has 0 saturated carbocycles. The largest absolute Gasteiger partial charge is 0.298 e. The van der Waals surface area contributed by atoms with Gasteiger partial charge in [-0.15, -0.1) is 0 Å². The molecule has 0 aliphatic carbocycles. The van der Waals surface area contributed by atoms with Crippen molar-refractivity contribution in [2.24, 2.45) is 22.0 Å². The zero-order chi connectivity index (χ0) is 22.8. The molecule has 2 aliphatic rings. The van der Waals surface area contributed by atoms with Crippen molar-refractivity contribution in [3.05, 3.63) is 60.7 Å². The third-order valence-corrected chi connectivity index (χ3v) is 5.53. The number of hydrogen-bond acceptors (Lipinski definition) is 6. The highest BCUT2D eigenvalue weighted by Gasteiger charge is 2.42. The summed E-state index contributed by atoms with van der Waals surface area (Å²) in [5.41, 5.74) is 1.93. The maximum Gasteiger partial charge on any atom is 0.263 e. The highest BCUT2D eigenvalue weighted by Crippen LogP contribution is 2.27. The number of ketones is 2. The average Bonchev–Trinajstić information content (AvgIpc) is 3.27. The summed E-state index contributed by atoms with van der Waals surface area (Å²) in [6.07, 6.45) is -0.291. The Morgan fingerprint density at radius 3 is 1.38 bits per heavy atom. The summed E-state index contributed by atoms with van der Waals surface area (Å²) in [5, 5.41) is 10.9. The fourth-order valence-corrected chi connectivity index (χ4v) is 3.92. The summed E-state index contributed by atoms with van der Waals surface area (Å²) >= 11 is 0. The first-order valence-electron chi connectivity index (χ1n) is 10.3. The van der Waals surface area contributed by atoms with Crippen LogP contribution in [-0.2, 0) is 19.2 Å². The molecule has 2 heterocycles. The van der Waals surface area contributed by atoms with Crippen LogP contribution in [0.1, 0.15) is 26.7 Å². The van der Waals surface area contributed by atoms with Gasteiger partial charge in [0.25, 0.3) is 11.8 Å². The SMILES string of the molecule is CC1=NN(c2ccccc2)C(=O)[C@@H]1C(=O)CCC(=O)[C@H]1C(=O)N(c2ccccc2)N=C1C. The lowest BCUT2D eigenvalue weighted by Gasteiger charge is -2.15. The Labute approximate surface area is 185 Å². The molecule has 8 nitrogen and oxygen atoms in total. The van der Waals surface area contributed by atoms with Gasteiger partial charge in [-0.25, -0.2) is 0 Å². The topological polar surface area (TPSA) is 99.5 Å². The molecule has 2 aromatic carbocycles. The molecule has 0 fully saturated rings. The Morgan fingerprint density at radius 2 is 1.03 bits per heavy atom. The molecule has 8 heteroatoms. The van der Waals surface area contributed by atoms with E-state index in [1.165, 1.54) is 10.0 Å². The van der Waals surface area contributed by atoms with Crippen LogP contribution in [0.4, 0.5) is 11.4 Å². The first-order chi connectivity index (χ1) is 15.4. The summed E-state index contributed by atoms with van der Waals surface area (Å²) in [4.78, 5) is 51.2. The zero-order valence-corrected chi connectivity index (χ0v) is 17.8. The highest BCUT2D eigenvalue weighted by atomic mass is 16.2. The minimum Gasteiger partial charge on any atom is -0.298 e. The number of para-hydroxylation sites is 2. The van der Waals surface area contributed by atoms with E-state index in [0.717, 1.165) is 0 Å². The molecule has 162 valence electrons. The molecule has 32 heavy (non-hydrogen) atoms. The van der Waals surface area contributed by atoms with Gasteiger partial charge in [0.1, 0.15) is 11.8 Å². The minimum absolute atomic E-state index is 0.146. The van der Waals surface area contributed by atoms with E-state index in [1.807, 2.05) is 12.1 Å². The maximum atomic E-state index is 12.8. The second-order valence-electron chi connectivity index (χ2n) is 7.75. The molecule has 0 saturated heterocycles. The fourth-order valence-electron chi connectivity index (χ4n) is 3.92. The van der Waals surface area contributed by atoms with Crippen LogP contribution in [0.25, 0.3) is 0 Å². The van der Waals surface area contributed by atoms with E-state index in [9.17, 15) is 19.2 Å². The molecular formula is C24H22N4O4. The predicted octanol–water partition coefficient (Wildman–Crippen LogP) is 2.98. The van der Waals surface area contributed by atoms with Gasteiger partial charge in [0.05, 0.1) is 22.8 Å². The van der Waals surface area contributed by atoms with Gasteiger partial charge in [0, 0.05) is 12.8 Å². The molecule has 2 amide bonds. The van der Waals surface area contributed by atoms with Crippen molar-refractivity contribution in [3.63, 3.8) is 0 Å². The van der Waals surface area contributed by atoms with E-state index in [2.05, 4.69) is 10.2 Å². The Bertz CT molecular complexity index is 1050. The molecular weight excluding hydrogens is 408 g/mol. The van der Waals surface area contributed by atoms with Crippen molar-refractivity contribution in [2.45, 2.75) is 26.7 Å². The summed E-state index contributed by atoms with van der Waals surface area (Å²) in [5.74, 6) is -3.67. The molecule has 0 spiro atoms. The minimum atomic E-state index is -1.02. The average molecular weight is 430 g/mol. The number of Topliss-reactive ketones (excluding diaryl/α,β-unsaturated/α-hetero) is 2. The van der Waals surface area contributed by atoms with Crippen LogP contribution in [0.5, 0.6) is 0 Å². The van der Waals surface area contributed by atoms with Crippen molar-refractivity contribution < 1.29 is 19.2 Å². The molecule has 2 aromatic rings. The number of nitrogens with zero attached hydrogens (tertiary/aromatic N) is 4. The van der Waals surface area contributed by atoms with Gasteiger partial charge in [-0.05, 0) is 38.1 Å². The number of amides is 2. The van der Waals surface area contributed by atoms with Crippen LogP contribution in [0.2, 0.25) is 0 Å². The third kappa shape index (κ3) is 3.87. The number of rotatable bonds is 7. The lowest BCUT2D eigenvalue weighted by Crippen LogP contribution is -2.35. The van der Waals surface area contributed by atoms with E-state index in [0.29, 0.717) is 22.8 Å². The van der Waals surface area contributed by atoms with Gasteiger partial charge >= 0.3 is 0 Å². The molecule has 0 bridgehead atoms. The Balaban J connectivity index is 1.40. The molecule has 0 N–H and O–H groups in total. The van der Waals surface area contributed by atoms with Crippen LogP contribution in [0.3, 0.4) is 0 Å². The first-order valence-corrected chi connectivity index (χ1v) is 10.3. The molecule has 0 radical (unpaired) electrons. The highest BCUT2D eigenvalue weighted by molar-refractivity contribution is 6.29. The smallest absolute Gasteiger partial charge is 0.263 e. The number of carbonyl (C=O) groups excluding carboxylic acids is 4. The maximum absolute atomic E-state index is 12.8. The molecule has 2 atom stereocenters. The summed E-state index contributed by atoms with van der Waals surface area (Å²) in [7, 11) is 0. The van der Waals surface area contributed by atoms with Crippen LogP contribution in [0.15, 0.2) is 70.9 Å². The number of hydrazone groups is 2. The van der Waals surface area contributed by atoms with Crippen molar-refractivity contribution in [2.75, 3.05) is 10.0 Å². The van der Waals surface area contributed by atoms with Gasteiger partial charge in [0.2, 0.25) is 0 Å². The van der Waals surface area contributed by atoms with Crippen LogP contribution in [-0.4, -0.2) is 34.8 Å². The fraction of sp³-hybridized carbons (Fsp3) is 0.250. The number of anilines is 2. The third-order valence-electron chi connectivity index (χ3n) is 5.53. The Morgan fingerprint density at radius 1 is 0.688 bits per heavy atom. The second-order valence-corrected chi connectivity index (χ2v) is 7.75. The summed E-state index contributed by atoms with van der Waals surface area (Å²) in [6, 6.07) is 17.7. The van der Waals surface area contributed by atoms with Crippen molar-refractivity contribution >= 4 is 46.2 Å². The van der Waals surface area contributed by atoms with E-state index >= 15 is 0 Å². The number of hydrogen-bond donors (Lipinski definition) is 0. The predicted molar refractivity (Wildman–Crippen MR) is 120 cm³/mol. The summed E-state index contributed by atoms with van der Waals surface area (Å²) in [6.45, 7) is 3.25. The van der Waals surface area contributed by atoms with Gasteiger partial charge < -0.3 is 0 Å². The lowest BCUT2D eigenvalue weighted by atomic mass is 9.91. The lowest BCUT2D eigenvalue weighted by molar-refractivity contribution is -0.133. The second kappa shape index (κ2) is 8.66. The summed E-state index contributed by atoms with van der Waals surface area (Å²) < 4.78 is 0. The Kier molecular flexibility index (Phi) is 5.77. The number of benzene rings is 2. The quantitative estimate of drug-likeness (QED) is 0.631. The molecule has 0 unspecified atom stereocenters. The van der Waals surface area contributed by atoms with Crippen LogP contribution >= 0.6 is 0 Å². The van der Waals surface area contributed by atoms with Crippen molar-refractivity contribution in [1.82, 2.24) is 0 Å². The number of carbonyl (C=O) groups is 4. The molecule has 4 rings (SSSR count). The van der Waals surface area contributed by atoms with Gasteiger partial charge in [-0.1, -0.05) is 36.4 Å². The van der Waals surface area contributed by atoms with Crippen molar-refractivity contribution in [1.29, 1.82) is 0 Å². The normalized spacial score (nSPS) is 20.4. The standard InChI is InChI=1S/C24H22N4O4/c1-15-21(23(31)27(25-15)17-9-5-3-6-10-17)19(29)13-14-20(30)22-16(2)26-28(24(22)32)18-11-7-4-8-12-18/h3-12,21-22H,13-14H2,1-2H3/t21-,22-/m0/s1. The first kappa shape index (κ1) is 21.3. The van der Waals surface area contributed by atoms with Gasteiger partial charge in [-0.2, -0.15) is 20.2 Å². The van der Waals surface area contributed by atoms with Crippen LogP contribution < -0.4 is 10.0 Å². The van der Waals surface area contributed by atoms with E-state index in [4.69, 9.17) is 0 Å². The van der Waals surface area contributed by atoms with Gasteiger partial charge in [0.15, 0.2) is 11.6 Å². The van der Waals surface area contributed by atoms with Gasteiger partial charge in [-0.3, -0.25) is 19.2 Å². The van der Waals surface area contributed by atoms with Crippen LogP contribution in [0, 0.1) is 11.8 Å². The monoisotopic (exact) mass is 430 g/mol. The molecule has 0 aromatic heterocycles. The van der Waals surface area contributed by atoms with E-state index < -0.39 is 23.7 Å². The zero-order valence-electron chi connectivity index (χ0n) is 17.8. The van der Waals surface area contributed by atoms with E-state index in [-0.39, 0.29) is 24.4 Å².